The highest BCUT2D eigenvalue weighted by Crippen LogP contribution is 2.26. The molecule has 0 aliphatic carbocycles. The van der Waals surface area contributed by atoms with E-state index in [4.69, 9.17) is 9.26 Å². The van der Waals surface area contributed by atoms with E-state index in [0.29, 0.717) is 50.7 Å². The topological polar surface area (TPSA) is 118 Å². The van der Waals surface area contributed by atoms with Crippen LogP contribution in [0.4, 0.5) is 10.5 Å². The largest absolute Gasteiger partial charge is 0.443 e. The third-order valence-electron chi connectivity index (χ3n) is 7.48. The molecule has 1 atom stereocenters. The van der Waals surface area contributed by atoms with Gasteiger partial charge in [0.2, 0.25) is 21.7 Å². The fourth-order valence-corrected chi connectivity index (χ4v) is 6.61. The van der Waals surface area contributed by atoms with Crippen LogP contribution in [0.25, 0.3) is 22.5 Å². The number of carbonyl (C=O) groups is 1. The lowest BCUT2D eigenvalue weighted by Gasteiger charge is -2.33. The molecule has 1 amide bonds. The van der Waals surface area contributed by atoms with Crippen molar-refractivity contribution in [3.8, 4) is 22.5 Å². The van der Waals surface area contributed by atoms with Crippen molar-refractivity contribution >= 4 is 21.8 Å². The molecule has 1 unspecified atom stereocenters. The van der Waals surface area contributed by atoms with Crippen molar-refractivity contribution in [2.24, 2.45) is 0 Å². The predicted octanol–water partition coefficient (Wildman–Crippen LogP) is 4.48. The lowest BCUT2D eigenvalue weighted by Crippen LogP contribution is -2.46. The highest BCUT2D eigenvalue weighted by Gasteiger charge is 2.34. The first-order chi connectivity index (χ1) is 19.8. The summed E-state index contributed by atoms with van der Waals surface area (Å²) in [7, 11) is -3.62. The Kier molecular flexibility index (Phi) is 7.57. The zero-order chi connectivity index (χ0) is 28.4. The third-order valence-corrected chi connectivity index (χ3v) is 9.02. The first kappa shape index (κ1) is 27.1. The summed E-state index contributed by atoms with van der Waals surface area (Å²) in [6, 6.07) is 24.1. The van der Waals surface area contributed by atoms with Crippen LogP contribution in [0, 0.1) is 6.92 Å². The molecule has 6 rings (SSSR count). The number of hydrogen-bond donors (Lipinski definition) is 1. The molecular weight excluding hydrogens is 542 g/mol. The summed E-state index contributed by atoms with van der Waals surface area (Å²) in [6.07, 6.45) is 0.725. The molecule has 0 radical (unpaired) electrons. The number of aromatic nitrogens is 2. The highest BCUT2D eigenvalue weighted by atomic mass is 32.2. The minimum atomic E-state index is -3.62. The Bertz CT molecular complexity index is 1600. The summed E-state index contributed by atoms with van der Waals surface area (Å²) in [5.74, 6) is 0.993. The van der Waals surface area contributed by atoms with Crippen molar-refractivity contribution in [1.29, 1.82) is 0 Å². The second-order valence-electron chi connectivity index (χ2n) is 10.4. The number of aryl methyl sites for hydroxylation is 1. The Hall–Kier alpha value is -4.06. The van der Waals surface area contributed by atoms with Crippen molar-refractivity contribution in [2.75, 3.05) is 31.1 Å². The van der Waals surface area contributed by atoms with Gasteiger partial charge in [-0.1, -0.05) is 47.6 Å². The van der Waals surface area contributed by atoms with E-state index in [2.05, 4.69) is 19.8 Å². The summed E-state index contributed by atoms with van der Waals surface area (Å²) in [5.41, 5.74) is 3.56. The molecule has 10 nitrogen and oxygen atoms in total. The van der Waals surface area contributed by atoms with Crippen molar-refractivity contribution in [3.63, 3.8) is 0 Å². The number of carbonyl (C=O) groups excluding carboxylic acids is 1. The van der Waals surface area contributed by atoms with Gasteiger partial charge in [-0.05, 0) is 73.5 Å². The summed E-state index contributed by atoms with van der Waals surface area (Å²) in [5, 5.41) is 3.92. The predicted molar refractivity (Wildman–Crippen MR) is 154 cm³/mol. The Balaban J connectivity index is 0.992. The second-order valence-corrected chi connectivity index (χ2v) is 12.1. The molecule has 3 heterocycles. The highest BCUT2D eigenvalue weighted by molar-refractivity contribution is 7.89. The van der Waals surface area contributed by atoms with Gasteiger partial charge in [0.1, 0.15) is 6.10 Å². The number of piperidine rings is 1. The van der Waals surface area contributed by atoms with Crippen LogP contribution in [-0.4, -0.2) is 67.9 Å². The Morgan fingerprint density at radius 1 is 0.902 bits per heavy atom. The van der Waals surface area contributed by atoms with Crippen molar-refractivity contribution in [3.05, 3.63) is 84.8 Å². The Morgan fingerprint density at radius 3 is 2.22 bits per heavy atom. The van der Waals surface area contributed by atoms with Crippen LogP contribution in [0.1, 0.15) is 18.7 Å². The van der Waals surface area contributed by atoms with Crippen LogP contribution in [0.15, 0.2) is 88.3 Å². The molecule has 212 valence electrons. The molecule has 0 saturated carbocycles. The van der Waals surface area contributed by atoms with Crippen LogP contribution >= 0.6 is 0 Å². The smallest absolute Gasteiger partial charge is 0.414 e. The maximum Gasteiger partial charge on any atom is 0.414 e. The Morgan fingerprint density at radius 2 is 1.56 bits per heavy atom. The minimum Gasteiger partial charge on any atom is -0.443 e. The van der Waals surface area contributed by atoms with Crippen molar-refractivity contribution in [1.82, 2.24) is 19.8 Å². The summed E-state index contributed by atoms with van der Waals surface area (Å²) in [6.45, 7) is 4.21. The van der Waals surface area contributed by atoms with Crippen LogP contribution < -0.4 is 9.62 Å². The lowest BCUT2D eigenvalue weighted by molar-refractivity contribution is 0.0968. The fraction of sp³-hybridized carbons (Fsp3) is 0.300. The number of cyclic esters (lactones) is 1. The van der Waals surface area contributed by atoms with E-state index in [1.54, 1.807) is 24.0 Å². The van der Waals surface area contributed by atoms with E-state index < -0.39 is 10.0 Å². The quantitative estimate of drug-likeness (QED) is 0.328. The fourth-order valence-electron chi connectivity index (χ4n) is 5.30. The normalized spacial score (nSPS) is 18.5. The Labute approximate surface area is 239 Å². The molecule has 41 heavy (non-hydrogen) atoms. The van der Waals surface area contributed by atoms with Gasteiger partial charge in [0.25, 0.3) is 0 Å². The van der Waals surface area contributed by atoms with E-state index in [1.165, 1.54) is 0 Å². The van der Waals surface area contributed by atoms with Gasteiger partial charge in [-0.15, -0.1) is 0 Å². The number of amides is 1. The number of likely N-dealkylation sites (tertiary alicyclic amines) is 1. The van der Waals surface area contributed by atoms with E-state index in [1.807, 2.05) is 66.7 Å². The number of anilines is 1. The maximum atomic E-state index is 13.0. The van der Waals surface area contributed by atoms with E-state index in [-0.39, 0.29) is 23.1 Å². The summed E-state index contributed by atoms with van der Waals surface area (Å²) < 4.78 is 39.6. The number of sulfonamides is 1. The number of nitrogens with zero attached hydrogens (tertiary/aromatic N) is 4. The molecule has 0 spiro atoms. The van der Waals surface area contributed by atoms with Crippen LogP contribution in [-0.2, 0) is 14.8 Å². The SMILES string of the molecule is Cc1nc(-c2ccc(N3CC(CN4CCC(NS(=O)(=O)c5ccc(-c6ccccc6)cc5)CC4)OC3=O)cc2)no1. The van der Waals surface area contributed by atoms with Gasteiger partial charge in [-0.3, -0.25) is 9.80 Å². The molecule has 3 aromatic carbocycles. The third kappa shape index (κ3) is 6.17. The van der Waals surface area contributed by atoms with Gasteiger partial charge in [0.05, 0.1) is 11.4 Å². The molecule has 0 bridgehead atoms. The zero-order valence-corrected chi connectivity index (χ0v) is 23.5. The second kappa shape index (κ2) is 11.4. The number of hydrogen-bond acceptors (Lipinski definition) is 8. The minimum absolute atomic E-state index is 0.144. The number of benzene rings is 3. The van der Waals surface area contributed by atoms with Crippen LogP contribution in [0.5, 0.6) is 0 Å². The molecular formula is C30H31N5O5S. The monoisotopic (exact) mass is 573 g/mol. The summed E-state index contributed by atoms with van der Waals surface area (Å²) >= 11 is 0. The molecule has 2 aliphatic heterocycles. The first-order valence-electron chi connectivity index (χ1n) is 13.6. The van der Waals surface area contributed by atoms with Crippen LogP contribution in [0.3, 0.4) is 0 Å². The van der Waals surface area contributed by atoms with Crippen molar-refractivity contribution < 1.29 is 22.5 Å². The summed E-state index contributed by atoms with van der Waals surface area (Å²) in [4.78, 5) is 20.9. The lowest BCUT2D eigenvalue weighted by atomic mass is 10.1. The van der Waals surface area contributed by atoms with Gasteiger partial charge in [0, 0.05) is 30.8 Å². The van der Waals surface area contributed by atoms with Gasteiger partial charge in [-0.2, -0.15) is 4.98 Å². The average Bonchev–Trinajstić information content (AvgIpc) is 3.59. The average molecular weight is 574 g/mol. The number of ether oxygens (including phenoxy) is 1. The van der Waals surface area contributed by atoms with E-state index in [9.17, 15) is 13.2 Å². The molecule has 2 fully saturated rings. The number of rotatable bonds is 8. The first-order valence-corrected chi connectivity index (χ1v) is 15.1. The van der Waals surface area contributed by atoms with E-state index in [0.717, 1.165) is 22.4 Å². The van der Waals surface area contributed by atoms with Gasteiger partial charge in [0.15, 0.2) is 0 Å². The molecule has 1 aromatic heterocycles. The van der Waals surface area contributed by atoms with Gasteiger partial charge in [-0.25, -0.2) is 17.9 Å². The standard InChI is InChI=1S/C30H31N5O5S/c1-21-31-29(32-40-21)24-7-11-26(12-8-24)35-20-27(39-30(35)36)19-34-17-15-25(16-18-34)33-41(37,38)28-13-9-23(10-14-28)22-5-3-2-4-6-22/h2-14,25,27,33H,15-20H2,1H3. The van der Waals surface area contributed by atoms with Crippen LogP contribution in [0.2, 0.25) is 0 Å². The van der Waals surface area contributed by atoms with Crippen molar-refractivity contribution in [2.45, 2.75) is 36.8 Å². The number of nitrogens with one attached hydrogen (secondary N) is 1. The molecule has 2 saturated heterocycles. The molecule has 1 N–H and O–H groups in total. The van der Waals surface area contributed by atoms with Gasteiger partial charge >= 0.3 is 6.09 Å². The molecule has 2 aliphatic rings. The van der Waals surface area contributed by atoms with E-state index >= 15 is 0 Å². The maximum absolute atomic E-state index is 13.0. The molecule has 4 aromatic rings. The molecule has 11 heteroatoms. The zero-order valence-electron chi connectivity index (χ0n) is 22.6. The van der Waals surface area contributed by atoms with Gasteiger partial charge < -0.3 is 9.26 Å².